The average molecular weight is 275 g/mol. The predicted octanol–water partition coefficient (Wildman–Crippen LogP) is 2.68. The van der Waals surface area contributed by atoms with Crippen molar-refractivity contribution in [3.63, 3.8) is 0 Å². The molecule has 1 aliphatic rings. The summed E-state index contributed by atoms with van der Waals surface area (Å²) in [5.74, 6) is 0.345. The van der Waals surface area contributed by atoms with Crippen LogP contribution in [0, 0.1) is 5.92 Å². The predicted molar refractivity (Wildman–Crippen MR) is 80.4 cm³/mol. The summed E-state index contributed by atoms with van der Waals surface area (Å²) in [6.45, 7) is 0.184. The second-order valence-electron chi connectivity index (χ2n) is 5.74. The number of aliphatic hydroxyl groups excluding tert-OH is 1. The zero-order chi connectivity index (χ0) is 14.2. The molecule has 2 atom stereocenters. The van der Waals surface area contributed by atoms with Gasteiger partial charge in [0.1, 0.15) is 0 Å². The maximum atomic E-state index is 12.1. The maximum absolute atomic E-state index is 12.1. The molecule has 1 aromatic carbocycles. The molecule has 1 aliphatic carbocycles. The quantitative estimate of drug-likeness (QED) is 0.812. The van der Waals surface area contributed by atoms with Crippen LogP contribution in [0.3, 0.4) is 0 Å². The van der Waals surface area contributed by atoms with E-state index in [2.05, 4.69) is 17.4 Å². The van der Waals surface area contributed by atoms with Crippen molar-refractivity contribution in [2.24, 2.45) is 5.92 Å². The molecule has 1 aromatic rings. The smallest absolute Gasteiger partial charge is 0.220 e. The third-order valence-electron chi connectivity index (χ3n) is 4.22. The minimum Gasteiger partial charge on any atom is -0.396 e. The van der Waals surface area contributed by atoms with Crippen LogP contribution in [0.1, 0.15) is 44.1 Å². The Kier molecular flexibility index (Phi) is 6.06. The first-order chi connectivity index (χ1) is 9.79. The summed E-state index contributed by atoms with van der Waals surface area (Å²) >= 11 is 0. The fourth-order valence-electron chi connectivity index (χ4n) is 2.97. The van der Waals surface area contributed by atoms with Gasteiger partial charge in [0.05, 0.1) is 0 Å². The molecule has 1 amide bonds. The van der Waals surface area contributed by atoms with E-state index in [4.69, 9.17) is 0 Å². The van der Waals surface area contributed by atoms with E-state index in [9.17, 15) is 9.90 Å². The molecule has 110 valence electrons. The SMILES string of the molecule is O=C(CCc1ccccc1)NC1CCCCCC1CO. The first kappa shape index (κ1) is 15.0. The highest BCUT2D eigenvalue weighted by molar-refractivity contribution is 5.76. The van der Waals surface area contributed by atoms with Crippen molar-refractivity contribution in [1.29, 1.82) is 0 Å². The highest BCUT2D eigenvalue weighted by Crippen LogP contribution is 2.23. The summed E-state index contributed by atoms with van der Waals surface area (Å²) in [5.41, 5.74) is 1.20. The lowest BCUT2D eigenvalue weighted by molar-refractivity contribution is -0.122. The molecule has 3 heteroatoms. The Bertz CT molecular complexity index is 405. The normalized spacial score (nSPS) is 23.1. The number of rotatable bonds is 5. The van der Waals surface area contributed by atoms with Crippen molar-refractivity contribution in [3.8, 4) is 0 Å². The third kappa shape index (κ3) is 4.64. The van der Waals surface area contributed by atoms with Gasteiger partial charge < -0.3 is 10.4 Å². The van der Waals surface area contributed by atoms with Gasteiger partial charge in [0.2, 0.25) is 5.91 Å². The maximum Gasteiger partial charge on any atom is 0.220 e. The minimum atomic E-state index is 0.110. The van der Waals surface area contributed by atoms with Crippen molar-refractivity contribution < 1.29 is 9.90 Å². The molecule has 0 aromatic heterocycles. The Hall–Kier alpha value is -1.35. The summed E-state index contributed by atoms with van der Waals surface area (Å²) in [6.07, 6.45) is 6.87. The number of benzene rings is 1. The second kappa shape index (κ2) is 8.05. The number of aliphatic hydroxyl groups is 1. The van der Waals surface area contributed by atoms with E-state index in [1.165, 1.54) is 18.4 Å². The van der Waals surface area contributed by atoms with Crippen LogP contribution in [-0.2, 0) is 11.2 Å². The van der Waals surface area contributed by atoms with Crippen LogP contribution in [0.4, 0.5) is 0 Å². The summed E-state index contributed by atoms with van der Waals surface area (Å²) < 4.78 is 0. The molecule has 2 N–H and O–H groups in total. The van der Waals surface area contributed by atoms with Crippen molar-refractivity contribution in [2.45, 2.75) is 51.0 Å². The number of hydrogen-bond donors (Lipinski definition) is 2. The Morgan fingerprint density at radius 2 is 1.90 bits per heavy atom. The van der Waals surface area contributed by atoms with Gasteiger partial charge in [-0.2, -0.15) is 0 Å². The molecular formula is C17H25NO2. The number of carbonyl (C=O) groups is 1. The van der Waals surface area contributed by atoms with Crippen LogP contribution < -0.4 is 5.32 Å². The van der Waals surface area contributed by atoms with Crippen LogP contribution in [-0.4, -0.2) is 23.7 Å². The summed E-state index contributed by atoms with van der Waals surface area (Å²) in [4.78, 5) is 12.1. The third-order valence-corrected chi connectivity index (χ3v) is 4.22. The van der Waals surface area contributed by atoms with Gasteiger partial charge in [0.25, 0.3) is 0 Å². The Morgan fingerprint density at radius 1 is 1.15 bits per heavy atom. The molecule has 0 radical (unpaired) electrons. The fraction of sp³-hybridized carbons (Fsp3) is 0.588. The van der Waals surface area contributed by atoms with E-state index in [0.29, 0.717) is 6.42 Å². The van der Waals surface area contributed by atoms with Gasteiger partial charge in [-0.15, -0.1) is 0 Å². The lowest BCUT2D eigenvalue weighted by Crippen LogP contribution is -2.41. The highest BCUT2D eigenvalue weighted by Gasteiger charge is 2.24. The largest absolute Gasteiger partial charge is 0.396 e. The molecule has 1 fully saturated rings. The van der Waals surface area contributed by atoms with Gasteiger partial charge in [-0.1, -0.05) is 49.6 Å². The molecule has 0 heterocycles. The summed E-state index contributed by atoms with van der Waals surface area (Å²) in [5, 5.41) is 12.6. The van der Waals surface area contributed by atoms with Crippen LogP contribution in [0.25, 0.3) is 0 Å². The standard InChI is InChI=1S/C17H25NO2/c19-13-15-9-5-2-6-10-16(15)18-17(20)12-11-14-7-3-1-4-8-14/h1,3-4,7-8,15-16,19H,2,5-6,9-13H2,(H,18,20). The summed E-state index contributed by atoms with van der Waals surface area (Å²) in [7, 11) is 0. The minimum absolute atomic E-state index is 0.110. The first-order valence-electron chi connectivity index (χ1n) is 7.73. The molecule has 0 bridgehead atoms. The lowest BCUT2D eigenvalue weighted by Gasteiger charge is -2.24. The van der Waals surface area contributed by atoms with Crippen LogP contribution in [0.5, 0.6) is 0 Å². The van der Waals surface area contributed by atoms with E-state index in [-0.39, 0.29) is 24.5 Å². The zero-order valence-electron chi connectivity index (χ0n) is 12.1. The van der Waals surface area contributed by atoms with E-state index < -0.39 is 0 Å². The van der Waals surface area contributed by atoms with Crippen molar-refractivity contribution in [1.82, 2.24) is 5.32 Å². The molecular weight excluding hydrogens is 250 g/mol. The molecule has 0 aliphatic heterocycles. The molecule has 3 nitrogen and oxygen atoms in total. The van der Waals surface area contributed by atoms with Gasteiger partial charge >= 0.3 is 0 Å². The Morgan fingerprint density at radius 3 is 2.65 bits per heavy atom. The lowest BCUT2D eigenvalue weighted by atomic mass is 9.95. The van der Waals surface area contributed by atoms with Crippen molar-refractivity contribution in [3.05, 3.63) is 35.9 Å². The first-order valence-corrected chi connectivity index (χ1v) is 7.73. The molecule has 0 spiro atoms. The number of carbonyl (C=O) groups excluding carboxylic acids is 1. The number of hydrogen-bond acceptors (Lipinski definition) is 2. The van der Waals surface area contributed by atoms with Gasteiger partial charge in [-0.25, -0.2) is 0 Å². The number of nitrogens with one attached hydrogen (secondary N) is 1. The number of aryl methyl sites for hydroxylation is 1. The van der Waals surface area contributed by atoms with Crippen LogP contribution >= 0.6 is 0 Å². The number of amides is 1. The monoisotopic (exact) mass is 275 g/mol. The summed E-state index contributed by atoms with van der Waals surface area (Å²) in [6, 6.07) is 10.2. The zero-order valence-corrected chi connectivity index (χ0v) is 12.1. The van der Waals surface area contributed by atoms with Crippen molar-refractivity contribution >= 4 is 5.91 Å². The van der Waals surface area contributed by atoms with Crippen molar-refractivity contribution in [2.75, 3.05) is 6.61 Å². The van der Waals surface area contributed by atoms with E-state index in [0.717, 1.165) is 25.7 Å². The average Bonchev–Trinajstić information content (AvgIpc) is 2.71. The molecule has 20 heavy (non-hydrogen) atoms. The van der Waals surface area contributed by atoms with E-state index >= 15 is 0 Å². The van der Waals surface area contributed by atoms with Crippen LogP contribution in [0.15, 0.2) is 30.3 Å². The van der Waals surface area contributed by atoms with E-state index in [1.54, 1.807) is 0 Å². The van der Waals surface area contributed by atoms with Gasteiger partial charge in [-0.3, -0.25) is 4.79 Å². The van der Waals surface area contributed by atoms with Gasteiger partial charge in [0.15, 0.2) is 0 Å². The molecule has 0 saturated heterocycles. The topological polar surface area (TPSA) is 49.3 Å². The molecule has 1 saturated carbocycles. The molecule has 2 rings (SSSR count). The van der Waals surface area contributed by atoms with E-state index in [1.807, 2.05) is 18.2 Å². The van der Waals surface area contributed by atoms with Gasteiger partial charge in [-0.05, 0) is 24.8 Å². The van der Waals surface area contributed by atoms with Crippen LogP contribution in [0.2, 0.25) is 0 Å². The molecule has 2 unspecified atom stereocenters. The fourth-order valence-corrected chi connectivity index (χ4v) is 2.97. The highest BCUT2D eigenvalue weighted by atomic mass is 16.3. The van der Waals surface area contributed by atoms with Gasteiger partial charge in [0, 0.05) is 25.0 Å². The Labute approximate surface area is 121 Å². The Balaban J connectivity index is 1.80. The second-order valence-corrected chi connectivity index (χ2v) is 5.74.